The summed E-state index contributed by atoms with van der Waals surface area (Å²) in [5, 5.41) is 12.5. The number of likely N-dealkylation sites (tertiary alicyclic amines) is 1. The molecule has 0 aromatic heterocycles. The fourth-order valence-electron chi connectivity index (χ4n) is 2.83. The van der Waals surface area contributed by atoms with Gasteiger partial charge in [0.1, 0.15) is 0 Å². The van der Waals surface area contributed by atoms with Gasteiger partial charge in [-0.2, -0.15) is 0 Å². The Morgan fingerprint density at radius 2 is 1.93 bits per heavy atom. The molecule has 0 spiro atoms. The van der Waals surface area contributed by atoms with Gasteiger partial charge < -0.3 is 5.21 Å². The van der Waals surface area contributed by atoms with Crippen LogP contribution in [0.25, 0.3) is 0 Å². The molecule has 0 aromatic carbocycles. The van der Waals surface area contributed by atoms with Gasteiger partial charge in [-0.3, -0.25) is 4.90 Å². The average molecular weight is 210 g/mol. The van der Waals surface area contributed by atoms with Gasteiger partial charge in [0.05, 0.1) is 11.8 Å². The van der Waals surface area contributed by atoms with Crippen molar-refractivity contribution in [2.24, 2.45) is 11.1 Å². The maximum Gasteiger partial charge on any atom is 0.0742 e. The van der Waals surface area contributed by atoms with Crippen molar-refractivity contribution in [3.63, 3.8) is 0 Å². The second kappa shape index (κ2) is 4.97. The van der Waals surface area contributed by atoms with Gasteiger partial charge in [0, 0.05) is 0 Å². The predicted octanol–water partition coefficient (Wildman–Crippen LogP) is 2.49. The number of nitrogens with zero attached hydrogens (tertiary/aromatic N) is 2. The van der Waals surface area contributed by atoms with Crippen LogP contribution in [0.5, 0.6) is 0 Å². The Balaban J connectivity index is 1.96. The first-order valence-corrected chi connectivity index (χ1v) is 6.26. The summed E-state index contributed by atoms with van der Waals surface area (Å²) < 4.78 is 0. The lowest BCUT2D eigenvalue weighted by atomic mass is 9.89. The first-order chi connectivity index (χ1) is 7.31. The van der Waals surface area contributed by atoms with Gasteiger partial charge in [-0.1, -0.05) is 18.5 Å². The maximum absolute atomic E-state index is 9.01. The molecule has 2 fully saturated rings. The van der Waals surface area contributed by atoms with E-state index in [2.05, 4.69) is 17.0 Å². The fourth-order valence-corrected chi connectivity index (χ4v) is 2.83. The third-order valence-electron chi connectivity index (χ3n) is 3.93. The number of piperidine rings is 1. The van der Waals surface area contributed by atoms with Crippen molar-refractivity contribution in [1.29, 1.82) is 0 Å². The average Bonchev–Trinajstić information content (AvgIpc) is 2.30. The van der Waals surface area contributed by atoms with Gasteiger partial charge >= 0.3 is 0 Å². The molecule has 15 heavy (non-hydrogen) atoms. The molecule has 0 amide bonds. The Bertz CT molecular complexity index is 232. The normalized spacial score (nSPS) is 33.4. The zero-order valence-corrected chi connectivity index (χ0v) is 9.65. The summed E-state index contributed by atoms with van der Waals surface area (Å²) in [4.78, 5) is 2.52. The number of rotatable bonds is 1. The minimum absolute atomic E-state index is 0.441. The number of hydrogen-bond acceptors (Lipinski definition) is 3. The van der Waals surface area contributed by atoms with Crippen LogP contribution in [-0.2, 0) is 0 Å². The monoisotopic (exact) mass is 210 g/mol. The quantitative estimate of drug-likeness (QED) is 0.533. The van der Waals surface area contributed by atoms with Crippen LogP contribution in [0, 0.1) is 5.92 Å². The second-order valence-corrected chi connectivity index (χ2v) is 5.07. The van der Waals surface area contributed by atoms with E-state index >= 15 is 0 Å². The molecule has 1 saturated carbocycles. The molecular formula is C12H22N2O. The van der Waals surface area contributed by atoms with Crippen LogP contribution in [0.1, 0.15) is 45.4 Å². The van der Waals surface area contributed by atoms with Crippen molar-refractivity contribution in [1.82, 2.24) is 4.90 Å². The summed E-state index contributed by atoms with van der Waals surface area (Å²) in [6.07, 6.45) is 7.27. The van der Waals surface area contributed by atoms with Crippen LogP contribution in [-0.4, -0.2) is 35.0 Å². The first-order valence-electron chi connectivity index (χ1n) is 6.26. The molecule has 2 rings (SSSR count). The fraction of sp³-hybridized carbons (Fsp3) is 0.917. The van der Waals surface area contributed by atoms with Gasteiger partial charge in [0.25, 0.3) is 0 Å². The molecule has 1 atom stereocenters. The lowest BCUT2D eigenvalue weighted by molar-refractivity contribution is 0.154. The van der Waals surface area contributed by atoms with Crippen LogP contribution in [0.2, 0.25) is 0 Å². The minimum Gasteiger partial charge on any atom is -0.411 e. The smallest absolute Gasteiger partial charge is 0.0742 e. The first kappa shape index (κ1) is 10.9. The van der Waals surface area contributed by atoms with Crippen molar-refractivity contribution in [2.45, 2.75) is 51.5 Å². The zero-order valence-electron chi connectivity index (χ0n) is 9.65. The summed E-state index contributed by atoms with van der Waals surface area (Å²) in [6.45, 7) is 4.70. The SMILES string of the molecule is CC1CCN(C2CCCC/C2=N/O)CC1. The van der Waals surface area contributed by atoms with Crippen LogP contribution >= 0.6 is 0 Å². The molecule has 0 radical (unpaired) electrons. The van der Waals surface area contributed by atoms with Crippen LogP contribution < -0.4 is 0 Å². The zero-order chi connectivity index (χ0) is 10.7. The van der Waals surface area contributed by atoms with Crippen LogP contribution in [0.15, 0.2) is 5.16 Å². The third-order valence-corrected chi connectivity index (χ3v) is 3.93. The number of oxime groups is 1. The molecule has 0 aromatic rings. The lowest BCUT2D eigenvalue weighted by Crippen LogP contribution is -2.46. The molecule has 1 unspecified atom stereocenters. The van der Waals surface area contributed by atoms with E-state index in [1.807, 2.05) is 0 Å². The molecule has 1 saturated heterocycles. The molecule has 1 aliphatic carbocycles. The molecule has 86 valence electrons. The van der Waals surface area contributed by atoms with E-state index in [0.29, 0.717) is 6.04 Å². The van der Waals surface area contributed by atoms with Crippen LogP contribution in [0.4, 0.5) is 0 Å². The standard InChI is InChI=1S/C12H22N2O/c1-10-6-8-14(9-7-10)12-5-3-2-4-11(12)13-15/h10,12,15H,2-9H2,1H3/b13-11-. The highest BCUT2D eigenvalue weighted by molar-refractivity contribution is 5.89. The second-order valence-electron chi connectivity index (χ2n) is 5.07. The molecular weight excluding hydrogens is 188 g/mol. The summed E-state index contributed by atoms with van der Waals surface area (Å²) in [5.41, 5.74) is 1.02. The van der Waals surface area contributed by atoms with E-state index in [1.54, 1.807) is 0 Å². The van der Waals surface area contributed by atoms with Crippen molar-refractivity contribution in [2.75, 3.05) is 13.1 Å². The molecule has 3 heteroatoms. The molecule has 1 aliphatic heterocycles. The van der Waals surface area contributed by atoms with Gasteiger partial charge in [-0.05, 0) is 51.1 Å². The van der Waals surface area contributed by atoms with E-state index in [4.69, 9.17) is 5.21 Å². The van der Waals surface area contributed by atoms with Crippen molar-refractivity contribution in [3.05, 3.63) is 0 Å². The summed E-state index contributed by atoms with van der Waals surface area (Å²) in [6, 6.07) is 0.441. The number of hydrogen-bond donors (Lipinski definition) is 1. The van der Waals surface area contributed by atoms with Gasteiger partial charge in [0.2, 0.25) is 0 Å². The van der Waals surface area contributed by atoms with Crippen molar-refractivity contribution < 1.29 is 5.21 Å². The Labute approximate surface area is 92.1 Å². The third kappa shape index (κ3) is 2.51. The van der Waals surface area contributed by atoms with E-state index in [-0.39, 0.29) is 0 Å². The van der Waals surface area contributed by atoms with E-state index < -0.39 is 0 Å². The van der Waals surface area contributed by atoms with Crippen molar-refractivity contribution in [3.8, 4) is 0 Å². The molecule has 3 nitrogen and oxygen atoms in total. The van der Waals surface area contributed by atoms with E-state index in [0.717, 1.165) is 18.1 Å². The van der Waals surface area contributed by atoms with Crippen molar-refractivity contribution >= 4 is 5.71 Å². The highest BCUT2D eigenvalue weighted by Crippen LogP contribution is 2.25. The predicted molar refractivity (Wildman–Crippen MR) is 61.4 cm³/mol. The van der Waals surface area contributed by atoms with Gasteiger partial charge in [-0.15, -0.1) is 0 Å². The molecule has 1 heterocycles. The highest BCUT2D eigenvalue weighted by Gasteiger charge is 2.29. The van der Waals surface area contributed by atoms with E-state index in [1.165, 1.54) is 45.2 Å². The van der Waals surface area contributed by atoms with Gasteiger partial charge in [0.15, 0.2) is 0 Å². The van der Waals surface area contributed by atoms with Crippen LogP contribution in [0.3, 0.4) is 0 Å². The summed E-state index contributed by atoms with van der Waals surface area (Å²) in [7, 11) is 0. The Hall–Kier alpha value is -0.570. The van der Waals surface area contributed by atoms with E-state index in [9.17, 15) is 0 Å². The highest BCUT2D eigenvalue weighted by atomic mass is 16.4. The summed E-state index contributed by atoms with van der Waals surface area (Å²) in [5.74, 6) is 0.874. The molecule has 1 N–H and O–H groups in total. The topological polar surface area (TPSA) is 35.8 Å². The summed E-state index contributed by atoms with van der Waals surface area (Å²) >= 11 is 0. The molecule has 0 bridgehead atoms. The lowest BCUT2D eigenvalue weighted by Gasteiger charge is -2.38. The Morgan fingerprint density at radius 3 is 2.60 bits per heavy atom. The largest absolute Gasteiger partial charge is 0.411 e. The van der Waals surface area contributed by atoms with Gasteiger partial charge in [-0.25, -0.2) is 0 Å². The minimum atomic E-state index is 0.441. The Kier molecular flexibility index (Phi) is 3.62. The Morgan fingerprint density at radius 1 is 1.20 bits per heavy atom. The molecule has 2 aliphatic rings. The maximum atomic E-state index is 9.01.